The standard InChI is InChI=1S/C16H24N2O2S/c1-20-14-12(7-6-8-13(14)17)15(19)18-11-16(21-2)9-4-3-5-10-16/h6-8H,3-5,9-11,17H2,1-2H3,(H,18,19). The van der Waals surface area contributed by atoms with Gasteiger partial charge in [-0.3, -0.25) is 4.79 Å². The summed E-state index contributed by atoms with van der Waals surface area (Å²) >= 11 is 1.87. The number of nitrogens with one attached hydrogen (secondary N) is 1. The fraction of sp³-hybridized carbons (Fsp3) is 0.562. The normalized spacial score (nSPS) is 17.2. The van der Waals surface area contributed by atoms with E-state index in [1.165, 1.54) is 39.2 Å². The minimum Gasteiger partial charge on any atom is -0.494 e. The monoisotopic (exact) mass is 308 g/mol. The first-order chi connectivity index (χ1) is 10.1. The summed E-state index contributed by atoms with van der Waals surface area (Å²) in [5.41, 5.74) is 6.84. The first-order valence-electron chi connectivity index (χ1n) is 7.38. The lowest BCUT2D eigenvalue weighted by atomic mass is 9.88. The molecule has 0 bridgehead atoms. The van der Waals surface area contributed by atoms with Gasteiger partial charge in [0.2, 0.25) is 0 Å². The van der Waals surface area contributed by atoms with Crippen LogP contribution in [0, 0.1) is 0 Å². The largest absolute Gasteiger partial charge is 0.494 e. The first-order valence-corrected chi connectivity index (χ1v) is 8.60. The number of nitrogen functional groups attached to an aromatic ring is 1. The van der Waals surface area contributed by atoms with Crippen molar-refractivity contribution in [2.24, 2.45) is 0 Å². The summed E-state index contributed by atoms with van der Waals surface area (Å²) in [4.78, 5) is 12.4. The van der Waals surface area contributed by atoms with Gasteiger partial charge in [-0.15, -0.1) is 0 Å². The fourth-order valence-corrected chi connectivity index (χ4v) is 3.86. The Balaban J connectivity index is 2.06. The Morgan fingerprint density at radius 3 is 2.71 bits per heavy atom. The van der Waals surface area contributed by atoms with Crippen LogP contribution >= 0.6 is 11.8 Å². The van der Waals surface area contributed by atoms with Crippen LogP contribution in [0.4, 0.5) is 5.69 Å². The number of rotatable bonds is 5. The molecule has 1 amide bonds. The van der Waals surface area contributed by atoms with Gasteiger partial charge in [-0.05, 0) is 31.2 Å². The zero-order chi connectivity index (χ0) is 15.3. The summed E-state index contributed by atoms with van der Waals surface area (Å²) in [6.45, 7) is 0.699. The number of para-hydroxylation sites is 1. The third-order valence-corrected chi connectivity index (χ3v) is 5.68. The molecule has 0 heterocycles. The third kappa shape index (κ3) is 3.64. The van der Waals surface area contributed by atoms with Crippen LogP contribution in [0.2, 0.25) is 0 Å². The third-order valence-electron chi connectivity index (χ3n) is 4.26. The number of nitrogens with two attached hydrogens (primary N) is 1. The van der Waals surface area contributed by atoms with Gasteiger partial charge >= 0.3 is 0 Å². The van der Waals surface area contributed by atoms with E-state index in [4.69, 9.17) is 10.5 Å². The molecule has 0 radical (unpaired) electrons. The second-order valence-corrected chi connectivity index (χ2v) is 6.83. The Hall–Kier alpha value is -1.36. The van der Waals surface area contributed by atoms with Crippen molar-refractivity contribution in [2.45, 2.75) is 36.9 Å². The number of methoxy groups -OCH3 is 1. The number of hydrogen-bond donors (Lipinski definition) is 2. The summed E-state index contributed by atoms with van der Waals surface area (Å²) in [6, 6.07) is 5.26. The van der Waals surface area contributed by atoms with Gasteiger partial charge in [0.05, 0.1) is 18.4 Å². The van der Waals surface area contributed by atoms with Crippen molar-refractivity contribution in [3.63, 3.8) is 0 Å². The lowest BCUT2D eigenvalue weighted by Crippen LogP contribution is -2.41. The Morgan fingerprint density at radius 1 is 1.38 bits per heavy atom. The van der Waals surface area contributed by atoms with Crippen LogP contribution in [0.25, 0.3) is 0 Å². The predicted molar refractivity (Wildman–Crippen MR) is 89.1 cm³/mol. The van der Waals surface area contributed by atoms with Crippen molar-refractivity contribution in [1.29, 1.82) is 0 Å². The van der Waals surface area contributed by atoms with Gasteiger partial charge in [0.1, 0.15) is 0 Å². The van der Waals surface area contributed by atoms with Gasteiger partial charge in [0.25, 0.3) is 5.91 Å². The summed E-state index contributed by atoms with van der Waals surface area (Å²) in [7, 11) is 1.53. The molecule has 4 nitrogen and oxygen atoms in total. The Labute approximate surface area is 130 Å². The van der Waals surface area contributed by atoms with Gasteiger partial charge in [-0.1, -0.05) is 25.3 Å². The lowest BCUT2D eigenvalue weighted by molar-refractivity contribution is 0.0944. The molecule has 0 saturated heterocycles. The highest BCUT2D eigenvalue weighted by Crippen LogP contribution is 2.38. The van der Waals surface area contributed by atoms with Gasteiger partial charge in [0.15, 0.2) is 5.75 Å². The van der Waals surface area contributed by atoms with E-state index in [1.54, 1.807) is 18.2 Å². The van der Waals surface area contributed by atoms with Crippen LogP contribution < -0.4 is 15.8 Å². The number of ether oxygens (including phenoxy) is 1. The maximum atomic E-state index is 12.4. The molecule has 1 aromatic rings. The van der Waals surface area contributed by atoms with Gasteiger partial charge < -0.3 is 15.8 Å². The van der Waals surface area contributed by atoms with E-state index in [-0.39, 0.29) is 10.7 Å². The molecule has 1 aliphatic carbocycles. The number of carbonyl (C=O) groups excluding carboxylic acids is 1. The van der Waals surface area contributed by atoms with Crippen molar-refractivity contribution in [3.05, 3.63) is 23.8 Å². The Kier molecular flexibility index (Phi) is 5.39. The van der Waals surface area contributed by atoms with E-state index in [2.05, 4.69) is 11.6 Å². The van der Waals surface area contributed by atoms with Gasteiger partial charge in [-0.2, -0.15) is 11.8 Å². The highest BCUT2D eigenvalue weighted by molar-refractivity contribution is 8.00. The number of anilines is 1. The van der Waals surface area contributed by atoms with Crippen molar-refractivity contribution in [2.75, 3.05) is 25.6 Å². The summed E-state index contributed by atoms with van der Waals surface area (Å²) < 4.78 is 5.43. The Bertz CT molecular complexity index is 499. The van der Waals surface area contributed by atoms with E-state index < -0.39 is 0 Å². The molecule has 0 aromatic heterocycles. The summed E-state index contributed by atoms with van der Waals surface area (Å²) in [5, 5.41) is 3.07. The molecular formula is C16H24N2O2S. The molecule has 0 aliphatic heterocycles. The van der Waals surface area contributed by atoms with Crippen LogP contribution in [0.15, 0.2) is 18.2 Å². The second-order valence-electron chi connectivity index (χ2n) is 5.56. The molecule has 3 N–H and O–H groups in total. The van der Waals surface area contributed by atoms with Crippen LogP contribution in [-0.2, 0) is 0 Å². The minimum atomic E-state index is -0.113. The molecule has 5 heteroatoms. The Morgan fingerprint density at radius 2 is 2.10 bits per heavy atom. The number of thioether (sulfide) groups is 1. The lowest BCUT2D eigenvalue weighted by Gasteiger charge is -2.35. The summed E-state index contributed by atoms with van der Waals surface area (Å²) in [5.74, 6) is 0.343. The molecule has 1 fully saturated rings. The molecule has 1 aliphatic rings. The fourth-order valence-electron chi connectivity index (χ4n) is 2.95. The van der Waals surface area contributed by atoms with Gasteiger partial charge in [-0.25, -0.2) is 0 Å². The SMILES string of the molecule is COc1c(N)cccc1C(=O)NCC1(SC)CCCCC1. The van der Waals surface area contributed by atoms with Crippen LogP contribution in [-0.4, -0.2) is 30.6 Å². The number of benzene rings is 1. The molecule has 21 heavy (non-hydrogen) atoms. The molecule has 0 unspecified atom stereocenters. The van der Waals surface area contributed by atoms with Crippen LogP contribution in [0.1, 0.15) is 42.5 Å². The molecule has 0 spiro atoms. The minimum absolute atomic E-state index is 0.113. The molecule has 1 saturated carbocycles. The van der Waals surface area contributed by atoms with Gasteiger partial charge in [0, 0.05) is 11.3 Å². The number of carbonyl (C=O) groups is 1. The predicted octanol–water partition coefficient (Wildman–Crippen LogP) is 3.07. The van der Waals surface area contributed by atoms with Crippen molar-refractivity contribution < 1.29 is 9.53 Å². The molecule has 116 valence electrons. The summed E-state index contributed by atoms with van der Waals surface area (Å²) in [6.07, 6.45) is 8.28. The first kappa shape index (κ1) is 16.0. The average Bonchev–Trinajstić information content (AvgIpc) is 2.53. The van der Waals surface area contributed by atoms with Crippen LogP contribution in [0.5, 0.6) is 5.75 Å². The molecule has 0 atom stereocenters. The molecule has 1 aromatic carbocycles. The van der Waals surface area contributed by atoms with E-state index in [0.29, 0.717) is 23.5 Å². The number of amides is 1. The molecular weight excluding hydrogens is 284 g/mol. The highest BCUT2D eigenvalue weighted by Gasteiger charge is 2.31. The second kappa shape index (κ2) is 7.07. The zero-order valence-electron chi connectivity index (χ0n) is 12.8. The van der Waals surface area contributed by atoms with Crippen molar-refractivity contribution in [1.82, 2.24) is 5.32 Å². The van der Waals surface area contributed by atoms with E-state index in [1.807, 2.05) is 11.8 Å². The number of hydrogen-bond acceptors (Lipinski definition) is 4. The zero-order valence-corrected chi connectivity index (χ0v) is 13.6. The highest BCUT2D eigenvalue weighted by atomic mass is 32.2. The smallest absolute Gasteiger partial charge is 0.255 e. The quantitative estimate of drug-likeness (QED) is 0.821. The van der Waals surface area contributed by atoms with E-state index in [0.717, 1.165) is 0 Å². The topological polar surface area (TPSA) is 64.3 Å². The van der Waals surface area contributed by atoms with Crippen LogP contribution in [0.3, 0.4) is 0 Å². The van der Waals surface area contributed by atoms with Crippen molar-refractivity contribution in [3.8, 4) is 5.75 Å². The average molecular weight is 308 g/mol. The van der Waals surface area contributed by atoms with Crippen molar-refractivity contribution >= 4 is 23.4 Å². The molecule has 2 rings (SSSR count). The maximum Gasteiger partial charge on any atom is 0.255 e. The maximum absolute atomic E-state index is 12.4. The van der Waals surface area contributed by atoms with E-state index in [9.17, 15) is 4.79 Å². The van der Waals surface area contributed by atoms with E-state index >= 15 is 0 Å².